The lowest BCUT2D eigenvalue weighted by molar-refractivity contribution is 0.0950. The molecule has 3 nitrogen and oxygen atoms in total. The first-order valence-electron chi connectivity index (χ1n) is 6.64. The third-order valence-electron chi connectivity index (χ3n) is 3.01. The van der Waals surface area contributed by atoms with Crippen molar-refractivity contribution in [1.82, 2.24) is 5.32 Å². The molecular formula is C17H17NO2S. The highest BCUT2D eigenvalue weighted by molar-refractivity contribution is 7.12. The molecule has 1 heterocycles. The molecule has 2 aromatic rings. The van der Waals surface area contributed by atoms with E-state index < -0.39 is 0 Å². The van der Waals surface area contributed by atoms with Gasteiger partial charge in [-0.3, -0.25) is 4.79 Å². The van der Waals surface area contributed by atoms with E-state index in [-0.39, 0.29) is 12.5 Å². The molecule has 0 fully saturated rings. The van der Waals surface area contributed by atoms with Crippen LogP contribution in [0.5, 0.6) is 0 Å². The van der Waals surface area contributed by atoms with Crippen molar-refractivity contribution >= 4 is 17.2 Å². The van der Waals surface area contributed by atoms with Crippen molar-refractivity contribution < 1.29 is 9.90 Å². The second kappa shape index (κ2) is 7.07. The lowest BCUT2D eigenvalue weighted by atomic mass is 10.1. The highest BCUT2D eigenvalue weighted by Crippen LogP contribution is 2.16. The zero-order valence-corrected chi connectivity index (χ0v) is 12.9. The summed E-state index contributed by atoms with van der Waals surface area (Å²) in [6.45, 7) is 4.25. The summed E-state index contributed by atoms with van der Waals surface area (Å²) in [5.41, 5.74) is 2.76. The van der Waals surface area contributed by atoms with Gasteiger partial charge in [-0.2, -0.15) is 0 Å². The third kappa shape index (κ3) is 4.19. The molecule has 0 radical (unpaired) electrons. The Balaban J connectivity index is 2.01. The summed E-state index contributed by atoms with van der Waals surface area (Å²) < 4.78 is 0. The van der Waals surface area contributed by atoms with Gasteiger partial charge in [-0.05, 0) is 37.6 Å². The highest BCUT2D eigenvalue weighted by atomic mass is 32.1. The number of aliphatic hydroxyl groups excluding tert-OH is 1. The van der Waals surface area contributed by atoms with Crippen molar-refractivity contribution in [2.24, 2.45) is 0 Å². The van der Waals surface area contributed by atoms with E-state index in [2.05, 4.69) is 17.2 Å². The van der Waals surface area contributed by atoms with Crippen LogP contribution in [-0.2, 0) is 6.54 Å². The molecule has 2 N–H and O–H groups in total. The van der Waals surface area contributed by atoms with Crippen LogP contribution in [0.15, 0.2) is 30.3 Å². The van der Waals surface area contributed by atoms with E-state index in [1.807, 2.05) is 44.2 Å². The monoisotopic (exact) mass is 299 g/mol. The maximum Gasteiger partial charge on any atom is 0.251 e. The molecule has 1 amide bonds. The SMILES string of the molecule is Cc1ccc(C)c(C(=O)NCc2ccc(C#CCO)s2)c1. The summed E-state index contributed by atoms with van der Waals surface area (Å²) in [6, 6.07) is 9.69. The number of thiophene rings is 1. The maximum atomic E-state index is 12.2. The van der Waals surface area contributed by atoms with Gasteiger partial charge in [-0.1, -0.05) is 29.5 Å². The molecule has 21 heavy (non-hydrogen) atoms. The molecule has 0 atom stereocenters. The molecular weight excluding hydrogens is 282 g/mol. The second-order valence-electron chi connectivity index (χ2n) is 4.73. The number of hydrogen-bond acceptors (Lipinski definition) is 3. The Morgan fingerprint density at radius 1 is 1.29 bits per heavy atom. The molecule has 2 rings (SSSR count). The standard InChI is InChI=1S/C17H17NO2S/c1-12-5-6-13(2)16(10-12)17(20)18-11-15-8-7-14(21-15)4-3-9-19/h5-8,10,19H,9,11H2,1-2H3,(H,18,20). The number of carbonyl (C=O) groups is 1. The van der Waals surface area contributed by atoms with E-state index in [1.165, 1.54) is 11.3 Å². The summed E-state index contributed by atoms with van der Waals surface area (Å²) in [4.78, 5) is 14.1. The topological polar surface area (TPSA) is 49.3 Å². The number of rotatable bonds is 3. The van der Waals surface area contributed by atoms with Gasteiger partial charge >= 0.3 is 0 Å². The fourth-order valence-electron chi connectivity index (χ4n) is 1.91. The molecule has 0 saturated carbocycles. The third-order valence-corrected chi connectivity index (χ3v) is 4.01. The molecule has 0 aliphatic rings. The van der Waals surface area contributed by atoms with E-state index in [1.54, 1.807) is 0 Å². The van der Waals surface area contributed by atoms with Crippen LogP contribution in [0.25, 0.3) is 0 Å². The fourth-order valence-corrected chi connectivity index (χ4v) is 2.73. The van der Waals surface area contributed by atoms with Crippen LogP contribution in [0.3, 0.4) is 0 Å². The molecule has 0 unspecified atom stereocenters. The molecule has 0 bridgehead atoms. The minimum atomic E-state index is -0.142. The van der Waals surface area contributed by atoms with Gasteiger partial charge in [0.1, 0.15) is 6.61 Å². The molecule has 108 valence electrons. The van der Waals surface area contributed by atoms with Gasteiger partial charge in [0.2, 0.25) is 0 Å². The Kier molecular flexibility index (Phi) is 5.15. The first-order valence-corrected chi connectivity index (χ1v) is 7.45. The lowest BCUT2D eigenvalue weighted by Gasteiger charge is -2.07. The Morgan fingerprint density at radius 2 is 2.10 bits per heavy atom. The quantitative estimate of drug-likeness (QED) is 0.856. The van der Waals surface area contributed by atoms with Crippen molar-refractivity contribution in [3.8, 4) is 11.8 Å². The van der Waals surface area contributed by atoms with E-state index in [0.717, 1.165) is 20.9 Å². The Hall–Kier alpha value is -2.09. The van der Waals surface area contributed by atoms with Gasteiger partial charge < -0.3 is 10.4 Å². The molecule has 0 aliphatic carbocycles. The van der Waals surface area contributed by atoms with Crippen molar-refractivity contribution in [1.29, 1.82) is 0 Å². The number of aryl methyl sites for hydroxylation is 2. The summed E-state index contributed by atoms with van der Waals surface area (Å²) in [7, 11) is 0. The molecule has 4 heteroatoms. The fraction of sp³-hybridized carbons (Fsp3) is 0.235. The molecule has 0 spiro atoms. The van der Waals surface area contributed by atoms with Crippen LogP contribution in [0.1, 0.15) is 31.2 Å². The van der Waals surface area contributed by atoms with Gasteiger partial charge in [-0.25, -0.2) is 0 Å². The van der Waals surface area contributed by atoms with Crippen molar-refractivity contribution in [3.05, 3.63) is 56.8 Å². The average Bonchev–Trinajstić information content (AvgIpc) is 2.93. The molecule has 1 aromatic heterocycles. The minimum Gasteiger partial charge on any atom is -0.384 e. The van der Waals surface area contributed by atoms with Gasteiger partial charge in [-0.15, -0.1) is 11.3 Å². The van der Waals surface area contributed by atoms with Crippen LogP contribution >= 0.6 is 11.3 Å². The molecule has 1 aromatic carbocycles. The number of hydrogen-bond donors (Lipinski definition) is 2. The first kappa shape index (κ1) is 15.3. The maximum absolute atomic E-state index is 12.2. The summed E-state index contributed by atoms with van der Waals surface area (Å²) in [6.07, 6.45) is 0. The van der Waals surface area contributed by atoms with Crippen LogP contribution in [0.2, 0.25) is 0 Å². The molecule has 0 aliphatic heterocycles. The van der Waals surface area contributed by atoms with Gasteiger partial charge in [0.15, 0.2) is 0 Å². The van der Waals surface area contributed by atoms with E-state index in [0.29, 0.717) is 12.1 Å². The molecule has 0 saturated heterocycles. The van der Waals surface area contributed by atoms with Gasteiger partial charge in [0.05, 0.1) is 11.4 Å². The van der Waals surface area contributed by atoms with Gasteiger partial charge in [0.25, 0.3) is 5.91 Å². The summed E-state index contributed by atoms with van der Waals surface area (Å²) in [5, 5.41) is 11.6. The zero-order valence-electron chi connectivity index (χ0n) is 12.1. The predicted octanol–water partition coefficient (Wildman–Crippen LogP) is 2.64. The largest absolute Gasteiger partial charge is 0.384 e. The minimum absolute atomic E-state index is 0.0624. The van der Waals surface area contributed by atoms with Crippen molar-refractivity contribution in [2.45, 2.75) is 20.4 Å². The van der Waals surface area contributed by atoms with Crippen LogP contribution in [0, 0.1) is 25.7 Å². The number of carbonyl (C=O) groups excluding carboxylic acids is 1. The Labute approximate surface area is 128 Å². The highest BCUT2D eigenvalue weighted by Gasteiger charge is 2.09. The van der Waals surface area contributed by atoms with E-state index in [4.69, 9.17) is 5.11 Å². The number of aliphatic hydroxyl groups is 1. The lowest BCUT2D eigenvalue weighted by Crippen LogP contribution is -2.23. The summed E-state index contributed by atoms with van der Waals surface area (Å²) >= 11 is 1.52. The zero-order chi connectivity index (χ0) is 15.2. The van der Waals surface area contributed by atoms with Gasteiger partial charge in [0, 0.05) is 10.4 Å². The van der Waals surface area contributed by atoms with Crippen LogP contribution in [-0.4, -0.2) is 17.6 Å². The number of nitrogens with one attached hydrogen (secondary N) is 1. The number of benzene rings is 1. The summed E-state index contributed by atoms with van der Waals surface area (Å²) in [5.74, 6) is 5.40. The Morgan fingerprint density at radius 3 is 2.86 bits per heavy atom. The predicted molar refractivity (Wildman–Crippen MR) is 85.4 cm³/mol. The normalized spacial score (nSPS) is 9.86. The number of amides is 1. The van der Waals surface area contributed by atoms with E-state index in [9.17, 15) is 4.79 Å². The smallest absolute Gasteiger partial charge is 0.251 e. The average molecular weight is 299 g/mol. The van der Waals surface area contributed by atoms with Crippen LogP contribution < -0.4 is 5.32 Å². The second-order valence-corrected chi connectivity index (χ2v) is 5.90. The van der Waals surface area contributed by atoms with Crippen molar-refractivity contribution in [3.63, 3.8) is 0 Å². The van der Waals surface area contributed by atoms with Crippen LogP contribution in [0.4, 0.5) is 0 Å². The first-order chi connectivity index (χ1) is 10.1. The van der Waals surface area contributed by atoms with E-state index >= 15 is 0 Å². The van der Waals surface area contributed by atoms with Crippen molar-refractivity contribution in [2.75, 3.05) is 6.61 Å². The Bertz CT molecular complexity index is 707.